The summed E-state index contributed by atoms with van der Waals surface area (Å²) in [5.41, 5.74) is 5.66. The fourth-order valence-electron chi connectivity index (χ4n) is 3.24. The number of unbranched alkanes of at least 4 members (excludes halogenated alkanes) is 1. The Labute approximate surface area is 142 Å². The quantitative estimate of drug-likeness (QED) is 0.445. The summed E-state index contributed by atoms with van der Waals surface area (Å²) in [6.45, 7) is 2.24. The number of aromatic nitrogens is 2. The van der Waals surface area contributed by atoms with Gasteiger partial charge in [-0.05, 0) is 42.7 Å². The molecule has 2 nitrogen and oxygen atoms in total. The Morgan fingerprint density at radius 1 is 0.875 bits per heavy atom. The van der Waals surface area contributed by atoms with Crippen LogP contribution in [-0.4, -0.2) is 9.97 Å². The van der Waals surface area contributed by atoms with Crippen LogP contribution < -0.4 is 0 Å². The van der Waals surface area contributed by atoms with Crippen molar-refractivity contribution in [2.45, 2.75) is 26.2 Å². The topological polar surface area (TPSA) is 25.8 Å². The molecule has 2 aromatic carbocycles. The maximum absolute atomic E-state index is 5.00. The molecule has 4 aromatic rings. The van der Waals surface area contributed by atoms with Crippen molar-refractivity contribution in [3.63, 3.8) is 0 Å². The fraction of sp³-hybridized carbons (Fsp3) is 0.182. The molecular weight excluding hydrogens is 292 g/mol. The molecule has 0 spiro atoms. The van der Waals surface area contributed by atoms with Crippen molar-refractivity contribution in [3.8, 4) is 11.3 Å². The summed E-state index contributed by atoms with van der Waals surface area (Å²) >= 11 is 0. The monoisotopic (exact) mass is 312 g/mol. The number of aryl methyl sites for hydroxylation is 1. The van der Waals surface area contributed by atoms with Gasteiger partial charge in [-0.15, -0.1) is 0 Å². The second kappa shape index (κ2) is 6.40. The van der Waals surface area contributed by atoms with Crippen LogP contribution in [0.25, 0.3) is 33.1 Å². The summed E-state index contributed by atoms with van der Waals surface area (Å²) in [5.74, 6) is 0. The van der Waals surface area contributed by atoms with Gasteiger partial charge in [0, 0.05) is 22.5 Å². The molecule has 2 heterocycles. The Kier molecular flexibility index (Phi) is 3.96. The minimum atomic E-state index is 1.00. The van der Waals surface area contributed by atoms with Crippen molar-refractivity contribution in [1.29, 1.82) is 0 Å². The van der Waals surface area contributed by atoms with Crippen molar-refractivity contribution in [3.05, 3.63) is 72.4 Å². The molecule has 0 radical (unpaired) electrons. The molecule has 0 fully saturated rings. The van der Waals surface area contributed by atoms with E-state index in [1.807, 2.05) is 18.3 Å². The van der Waals surface area contributed by atoms with Crippen molar-refractivity contribution in [1.82, 2.24) is 9.97 Å². The van der Waals surface area contributed by atoms with E-state index < -0.39 is 0 Å². The Morgan fingerprint density at radius 2 is 1.75 bits per heavy atom. The van der Waals surface area contributed by atoms with Gasteiger partial charge in [0.15, 0.2) is 0 Å². The summed E-state index contributed by atoms with van der Waals surface area (Å²) < 4.78 is 0. The molecule has 0 aliphatic carbocycles. The van der Waals surface area contributed by atoms with Crippen LogP contribution in [0.2, 0.25) is 0 Å². The van der Waals surface area contributed by atoms with Gasteiger partial charge >= 0.3 is 0 Å². The third kappa shape index (κ3) is 2.65. The van der Waals surface area contributed by atoms with Gasteiger partial charge in [0.1, 0.15) is 0 Å². The number of hydrogen-bond acceptors (Lipinski definition) is 2. The van der Waals surface area contributed by atoms with Crippen LogP contribution in [0, 0.1) is 0 Å². The van der Waals surface area contributed by atoms with Crippen molar-refractivity contribution in [2.24, 2.45) is 0 Å². The van der Waals surface area contributed by atoms with Crippen LogP contribution in [0.15, 0.2) is 66.9 Å². The van der Waals surface area contributed by atoms with Crippen LogP contribution in [0.4, 0.5) is 0 Å². The van der Waals surface area contributed by atoms with E-state index in [2.05, 4.69) is 60.4 Å². The number of pyridine rings is 2. The van der Waals surface area contributed by atoms with Crippen LogP contribution in [0.1, 0.15) is 25.3 Å². The molecule has 4 rings (SSSR count). The summed E-state index contributed by atoms with van der Waals surface area (Å²) in [7, 11) is 0. The zero-order chi connectivity index (χ0) is 16.4. The van der Waals surface area contributed by atoms with Crippen LogP contribution in [0.3, 0.4) is 0 Å². The fourth-order valence-corrected chi connectivity index (χ4v) is 3.24. The second-order valence-electron chi connectivity index (χ2n) is 6.17. The maximum Gasteiger partial charge on any atom is 0.0806 e. The van der Waals surface area contributed by atoms with Gasteiger partial charge in [0.05, 0.1) is 16.7 Å². The predicted molar refractivity (Wildman–Crippen MR) is 101 cm³/mol. The summed E-state index contributed by atoms with van der Waals surface area (Å²) in [6.07, 6.45) is 5.31. The molecular formula is C22H20N2. The Hall–Kier alpha value is -2.74. The zero-order valence-corrected chi connectivity index (χ0v) is 13.9. The van der Waals surface area contributed by atoms with Gasteiger partial charge in [-0.1, -0.05) is 49.7 Å². The first-order valence-electron chi connectivity index (χ1n) is 8.59. The molecule has 2 aromatic heterocycles. The van der Waals surface area contributed by atoms with Gasteiger partial charge in [-0.25, -0.2) is 4.98 Å². The maximum atomic E-state index is 5.00. The average molecular weight is 312 g/mol. The smallest absolute Gasteiger partial charge is 0.0806 e. The first-order chi connectivity index (χ1) is 11.9. The number of benzene rings is 2. The normalized spacial score (nSPS) is 11.2. The van der Waals surface area contributed by atoms with E-state index in [9.17, 15) is 0 Å². The Morgan fingerprint density at radius 3 is 2.58 bits per heavy atom. The van der Waals surface area contributed by atoms with E-state index in [0.29, 0.717) is 0 Å². The standard InChI is InChI=1S/C22H20N2/c1-2-3-8-17-15-21(16-9-5-4-6-10-16)24-22-18(17)12-13-20-19(22)11-7-14-23-20/h4-7,9-15H,2-3,8H2,1H3. The predicted octanol–water partition coefficient (Wildman–Crippen LogP) is 5.79. The molecule has 0 bridgehead atoms. The Bertz CT molecular complexity index is 991. The average Bonchev–Trinajstić information content (AvgIpc) is 2.66. The second-order valence-corrected chi connectivity index (χ2v) is 6.17. The lowest BCUT2D eigenvalue weighted by molar-refractivity contribution is 0.798. The number of fused-ring (bicyclic) bond motifs is 3. The number of hydrogen-bond donors (Lipinski definition) is 0. The van der Waals surface area contributed by atoms with E-state index in [1.54, 1.807) is 0 Å². The first kappa shape index (κ1) is 14.8. The summed E-state index contributed by atoms with van der Waals surface area (Å²) in [5, 5.41) is 2.38. The minimum absolute atomic E-state index is 1.00. The lowest BCUT2D eigenvalue weighted by Crippen LogP contribution is -1.94. The summed E-state index contributed by atoms with van der Waals surface area (Å²) in [6, 6.07) is 21.1. The van der Waals surface area contributed by atoms with Gasteiger partial charge in [-0.3, -0.25) is 4.98 Å². The third-order valence-corrected chi connectivity index (χ3v) is 4.52. The van der Waals surface area contributed by atoms with Crippen molar-refractivity contribution < 1.29 is 0 Å². The number of nitrogens with zero attached hydrogens (tertiary/aromatic N) is 2. The SMILES string of the molecule is CCCCc1cc(-c2ccccc2)nc2c1ccc1ncccc12. The van der Waals surface area contributed by atoms with Gasteiger partial charge in [-0.2, -0.15) is 0 Å². The molecule has 0 aliphatic heterocycles. The molecule has 0 unspecified atom stereocenters. The molecule has 0 atom stereocenters. The first-order valence-corrected chi connectivity index (χ1v) is 8.59. The number of rotatable bonds is 4. The van der Waals surface area contributed by atoms with E-state index in [0.717, 1.165) is 34.1 Å². The highest BCUT2D eigenvalue weighted by atomic mass is 14.7. The van der Waals surface area contributed by atoms with Crippen molar-refractivity contribution in [2.75, 3.05) is 0 Å². The highest BCUT2D eigenvalue weighted by molar-refractivity contribution is 6.05. The third-order valence-electron chi connectivity index (χ3n) is 4.52. The van der Waals surface area contributed by atoms with Gasteiger partial charge in [0.25, 0.3) is 0 Å². The van der Waals surface area contributed by atoms with Gasteiger partial charge in [0.2, 0.25) is 0 Å². The van der Waals surface area contributed by atoms with Crippen LogP contribution in [-0.2, 0) is 6.42 Å². The molecule has 0 amide bonds. The van der Waals surface area contributed by atoms with E-state index in [-0.39, 0.29) is 0 Å². The van der Waals surface area contributed by atoms with Crippen LogP contribution >= 0.6 is 0 Å². The molecule has 118 valence electrons. The van der Waals surface area contributed by atoms with E-state index in [4.69, 9.17) is 4.98 Å². The zero-order valence-electron chi connectivity index (χ0n) is 13.9. The lowest BCUT2D eigenvalue weighted by Gasteiger charge is -2.11. The molecule has 0 saturated heterocycles. The molecule has 24 heavy (non-hydrogen) atoms. The Balaban J connectivity index is 2.02. The van der Waals surface area contributed by atoms with Crippen LogP contribution in [0.5, 0.6) is 0 Å². The molecule has 0 aliphatic rings. The van der Waals surface area contributed by atoms with Crippen molar-refractivity contribution >= 4 is 21.8 Å². The molecule has 0 N–H and O–H groups in total. The van der Waals surface area contributed by atoms with Gasteiger partial charge < -0.3 is 0 Å². The summed E-state index contributed by atoms with van der Waals surface area (Å²) in [4.78, 5) is 9.49. The lowest BCUT2D eigenvalue weighted by atomic mass is 9.98. The highest BCUT2D eigenvalue weighted by Gasteiger charge is 2.10. The highest BCUT2D eigenvalue weighted by Crippen LogP contribution is 2.30. The largest absolute Gasteiger partial charge is 0.256 e. The molecule has 2 heteroatoms. The minimum Gasteiger partial charge on any atom is -0.256 e. The van der Waals surface area contributed by atoms with E-state index in [1.165, 1.54) is 23.8 Å². The van der Waals surface area contributed by atoms with E-state index >= 15 is 0 Å². The molecule has 0 saturated carbocycles.